The Morgan fingerprint density at radius 1 is 1.70 bits per heavy atom. The Balaban J connectivity index is 3.06. The van der Waals surface area contributed by atoms with E-state index >= 15 is 0 Å². The fourth-order valence-electron chi connectivity index (χ4n) is 0.514. The molecule has 0 saturated carbocycles. The lowest BCUT2D eigenvalue weighted by Gasteiger charge is -1.88. The van der Waals surface area contributed by atoms with Crippen molar-refractivity contribution in [2.45, 2.75) is 0 Å². The third-order valence-electron chi connectivity index (χ3n) is 0.885. The van der Waals surface area contributed by atoms with Crippen molar-refractivity contribution in [2.75, 3.05) is 0 Å². The molecule has 1 aromatic heterocycles. The Morgan fingerprint density at radius 3 is 3.10 bits per heavy atom. The number of hydrogen-bond acceptors (Lipinski definition) is 3. The summed E-state index contributed by atoms with van der Waals surface area (Å²) >= 11 is 3.13. The molecule has 0 radical (unpaired) electrons. The van der Waals surface area contributed by atoms with Gasteiger partial charge in [0.05, 0.1) is 5.69 Å². The highest BCUT2D eigenvalue weighted by molar-refractivity contribution is 9.10. The van der Waals surface area contributed by atoms with Crippen LogP contribution in [0.1, 0.15) is 0 Å². The van der Waals surface area contributed by atoms with Gasteiger partial charge in [0.25, 0.3) is 0 Å². The fourth-order valence-corrected chi connectivity index (χ4v) is 0.867. The summed E-state index contributed by atoms with van der Waals surface area (Å²) in [4.78, 5) is 17.0. The number of rotatable bonds is 1. The first-order valence-corrected chi connectivity index (χ1v) is 3.31. The van der Waals surface area contributed by atoms with Crippen molar-refractivity contribution < 1.29 is 4.79 Å². The van der Waals surface area contributed by atoms with Crippen molar-refractivity contribution in [1.82, 2.24) is 4.98 Å². The van der Waals surface area contributed by atoms with Crippen LogP contribution < -0.4 is 0 Å². The summed E-state index contributed by atoms with van der Waals surface area (Å²) in [5.74, 6) is 0. The maximum atomic E-state index is 9.76. The normalized spacial score (nSPS) is 8.50. The highest BCUT2D eigenvalue weighted by Gasteiger charge is 1.89. The lowest BCUT2D eigenvalue weighted by molar-refractivity contribution is 0.565. The van der Waals surface area contributed by atoms with Crippen LogP contribution >= 0.6 is 15.9 Å². The molecule has 1 heterocycles. The number of carbonyl (C=O) groups excluding carboxylic acids is 1. The van der Waals surface area contributed by atoms with Crippen molar-refractivity contribution >= 4 is 27.7 Å². The quantitative estimate of drug-likeness (QED) is 0.393. The van der Waals surface area contributed by atoms with Crippen LogP contribution in [0.4, 0.5) is 5.69 Å². The SMILES string of the molecule is O=C=Nc1ccnc(Br)c1. The molecule has 4 heteroatoms. The largest absolute Gasteiger partial charge is 0.249 e. The van der Waals surface area contributed by atoms with Gasteiger partial charge >= 0.3 is 0 Å². The van der Waals surface area contributed by atoms with Gasteiger partial charge in [-0.1, -0.05) is 0 Å². The zero-order valence-corrected chi connectivity index (χ0v) is 6.50. The van der Waals surface area contributed by atoms with E-state index in [1.807, 2.05) is 0 Å². The summed E-state index contributed by atoms with van der Waals surface area (Å²) < 4.78 is 0.656. The highest BCUT2D eigenvalue weighted by Crippen LogP contribution is 2.14. The van der Waals surface area contributed by atoms with Crippen molar-refractivity contribution in [3.05, 3.63) is 22.9 Å². The minimum absolute atomic E-state index is 0.553. The molecule has 0 spiro atoms. The molecule has 50 valence electrons. The summed E-state index contributed by atoms with van der Waals surface area (Å²) in [6, 6.07) is 3.25. The summed E-state index contributed by atoms with van der Waals surface area (Å²) in [6.45, 7) is 0. The fraction of sp³-hybridized carbons (Fsp3) is 0. The van der Waals surface area contributed by atoms with Crippen LogP contribution in [0.25, 0.3) is 0 Å². The van der Waals surface area contributed by atoms with Gasteiger partial charge in [0, 0.05) is 6.20 Å². The van der Waals surface area contributed by atoms with E-state index in [0.29, 0.717) is 10.3 Å². The number of pyridine rings is 1. The average Bonchev–Trinajstić information content (AvgIpc) is 1.88. The smallest absolute Gasteiger partial charge is 0.240 e. The number of hydrogen-bond donors (Lipinski definition) is 0. The van der Waals surface area contributed by atoms with Gasteiger partial charge in [0.2, 0.25) is 6.08 Å². The van der Waals surface area contributed by atoms with E-state index in [0.717, 1.165) is 0 Å². The van der Waals surface area contributed by atoms with Gasteiger partial charge in [-0.2, -0.15) is 4.99 Å². The van der Waals surface area contributed by atoms with E-state index in [2.05, 4.69) is 25.9 Å². The molecular weight excluding hydrogens is 196 g/mol. The first kappa shape index (κ1) is 7.12. The molecule has 10 heavy (non-hydrogen) atoms. The molecule has 0 aliphatic carbocycles. The molecule has 3 nitrogen and oxygen atoms in total. The second-order valence-electron chi connectivity index (χ2n) is 1.54. The van der Waals surface area contributed by atoms with Crippen LogP contribution in [-0.4, -0.2) is 11.1 Å². The second-order valence-corrected chi connectivity index (χ2v) is 2.35. The molecule has 0 aliphatic heterocycles. The van der Waals surface area contributed by atoms with Crippen molar-refractivity contribution in [3.63, 3.8) is 0 Å². The third-order valence-corrected chi connectivity index (χ3v) is 1.32. The van der Waals surface area contributed by atoms with E-state index in [1.165, 1.54) is 6.08 Å². The Hall–Kier alpha value is -0.990. The van der Waals surface area contributed by atoms with Crippen LogP contribution in [0.3, 0.4) is 0 Å². The molecular formula is C6H3BrN2O. The minimum atomic E-state index is 0.553. The average molecular weight is 199 g/mol. The summed E-state index contributed by atoms with van der Waals surface area (Å²) in [5, 5.41) is 0. The highest BCUT2D eigenvalue weighted by atomic mass is 79.9. The first-order valence-electron chi connectivity index (χ1n) is 2.52. The first-order chi connectivity index (χ1) is 4.83. The van der Waals surface area contributed by atoms with Gasteiger partial charge < -0.3 is 0 Å². The van der Waals surface area contributed by atoms with Crippen molar-refractivity contribution in [1.29, 1.82) is 0 Å². The van der Waals surface area contributed by atoms with E-state index in [-0.39, 0.29) is 0 Å². The summed E-state index contributed by atoms with van der Waals surface area (Å²) in [5.41, 5.74) is 0.553. The molecule has 0 N–H and O–H groups in total. The monoisotopic (exact) mass is 198 g/mol. The summed E-state index contributed by atoms with van der Waals surface area (Å²) in [6.07, 6.45) is 2.99. The molecule has 0 aromatic carbocycles. The topological polar surface area (TPSA) is 42.3 Å². The number of aliphatic imine (C=N–C) groups is 1. The van der Waals surface area contributed by atoms with Crippen LogP contribution in [0, 0.1) is 0 Å². The molecule has 0 unspecified atom stereocenters. The standard InChI is InChI=1S/C6H3BrN2O/c7-6-3-5(9-4-10)1-2-8-6/h1-3H. The lowest BCUT2D eigenvalue weighted by Crippen LogP contribution is -1.70. The predicted molar refractivity (Wildman–Crippen MR) is 39.7 cm³/mol. The van der Waals surface area contributed by atoms with Gasteiger partial charge in [-0.15, -0.1) is 0 Å². The molecule has 0 saturated heterocycles. The van der Waals surface area contributed by atoms with Crippen LogP contribution in [0.2, 0.25) is 0 Å². The molecule has 0 bridgehead atoms. The third kappa shape index (κ3) is 1.76. The van der Waals surface area contributed by atoms with E-state index in [9.17, 15) is 4.79 Å². The number of halogens is 1. The lowest BCUT2D eigenvalue weighted by atomic mass is 10.4. The Bertz CT molecular complexity index is 281. The van der Waals surface area contributed by atoms with Crippen LogP contribution in [0.15, 0.2) is 27.9 Å². The van der Waals surface area contributed by atoms with Gasteiger partial charge in [-0.3, -0.25) is 0 Å². The van der Waals surface area contributed by atoms with Gasteiger partial charge in [0.1, 0.15) is 4.60 Å². The molecule has 1 aromatic rings. The Kier molecular flexibility index (Phi) is 2.31. The van der Waals surface area contributed by atoms with E-state index in [4.69, 9.17) is 0 Å². The van der Waals surface area contributed by atoms with Gasteiger partial charge in [0.15, 0.2) is 0 Å². The molecule has 1 rings (SSSR count). The Labute approximate surface area is 65.9 Å². The number of nitrogens with zero attached hydrogens (tertiary/aromatic N) is 2. The molecule has 0 atom stereocenters. The summed E-state index contributed by atoms with van der Waals surface area (Å²) in [7, 11) is 0. The predicted octanol–water partition coefficient (Wildman–Crippen LogP) is 1.81. The van der Waals surface area contributed by atoms with Gasteiger partial charge in [-0.05, 0) is 28.1 Å². The van der Waals surface area contributed by atoms with E-state index < -0.39 is 0 Å². The molecule has 0 amide bonds. The van der Waals surface area contributed by atoms with Gasteiger partial charge in [-0.25, -0.2) is 9.78 Å². The number of isocyanates is 1. The number of aromatic nitrogens is 1. The van der Waals surface area contributed by atoms with Crippen LogP contribution in [-0.2, 0) is 4.79 Å². The zero-order chi connectivity index (χ0) is 7.40. The second kappa shape index (κ2) is 3.25. The van der Waals surface area contributed by atoms with Crippen LogP contribution in [0.5, 0.6) is 0 Å². The maximum absolute atomic E-state index is 9.76. The minimum Gasteiger partial charge on any atom is -0.249 e. The molecule has 0 aliphatic rings. The van der Waals surface area contributed by atoms with Crippen molar-refractivity contribution in [2.24, 2.45) is 4.99 Å². The maximum Gasteiger partial charge on any atom is 0.240 e. The van der Waals surface area contributed by atoms with E-state index in [1.54, 1.807) is 18.3 Å². The van der Waals surface area contributed by atoms with Crippen molar-refractivity contribution in [3.8, 4) is 0 Å². The molecule has 0 fully saturated rings. The Morgan fingerprint density at radius 2 is 2.50 bits per heavy atom. The zero-order valence-electron chi connectivity index (χ0n) is 4.91.